The van der Waals surface area contributed by atoms with Crippen molar-refractivity contribution in [2.45, 2.75) is 83.2 Å². The zero-order chi connectivity index (χ0) is 19.8. The van der Waals surface area contributed by atoms with Gasteiger partial charge in [-0.05, 0) is 6.42 Å². The first-order chi connectivity index (χ1) is 12.4. The molecule has 0 saturated heterocycles. The van der Waals surface area contributed by atoms with Gasteiger partial charge in [-0.15, -0.1) is 0 Å². The molecule has 0 aromatic heterocycles. The predicted molar refractivity (Wildman–Crippen MR) is 98.5 cm³/mol. The third-order valence-corrected chi connectivity index (χ3v) is 4.38. The minimum absolute atomic E-state index is 0.137. The third kappa shape index (κ3) is 10.5. The highest BCUT2D eigenvalue weighted by Gasteiger charge is 2.37. The molecule has 1 amide bonds. The Morgan fingerprint density at radius 2 is 1.42 bits per heavy atom. The number of hydrogen-bond acceptors (Lipinski definition) is 6. The van der Waals surface area contributed by atoms with E-state index in [-0.39, 0.29) is 6.42 Å². The highest BCUT2D eigenvalue weighted by atomic mass is 16.5. The van der Waals surface area contributed by atoms with Crippen molar-refractivity contribution in [3.63, 3.8) is 0 Å². The van der Waals surface area contributed by atoms with Gasteiger partial charge >= 0.3 is 5.97 Å². The Bertz CT molecular complexity index is 426. The van der Waals surface area contributed by atoms with E-state index < -0.39 is 36.4 Å². The maximum Gasteiger partial charge on any atom is 0.342 e. The number of carbonyl (C=O) groups is 3. The molecule has 26 heavy (non-hydrogen) atoms. The van der Waals surface area contributed by atoms with Gasteiger partial charge in [0.1, 0.15) is 0 Å². The van der Waals surface area contributed by atoms with Gasteiger partial charge in [-0.1, -0.05) is 64.7 Å². The number of Topliss-reactive ketones (excluding diaryl/α,β-unsaturated/α-hetero) is 1. The average molecular weight is 373 g/mol. The number of carbonyl (C=O) groups excluding carboxylic acids is 3. The van der Waals surface area contributed by atoms with Crippen molar-refractivity contribution >= 4 is 17.7 Å². The van der Waals surface area contributed by atoms with Gasteiger partial charge in [0, 0.05) is 6.42 Å². The SMILES string of the molecule is CCCCCCCCCCCCC(=O)C(=O)NCC(O)(CO)C(=O)OC. The number of unbranched alkanes of at least 4 members (excludes halogenated alkanes) is 9. The Hall–Kier alpha value is -1.47. The van der Waals surface area contributed by atoms with Crippen molar-refractivity contribution in [3.05, 3.63) is 0 Å². The van der Waals surface area contributed by atoms with Crippen LogP contribution in [0.5, 0.6) is 0 Å². The number of aliphatic hydroxyl groups excluding tert-OH is 1. The van der Waals surface area contributed by atoms with E-state index in [0.29, 0.717) is 6.42 Å². The lowest BCUT2D eigenvalue weighted by Gasteiger charge is -2.22. The van der Waals surface area contributed by atoms with Crippen LogP contribution in [0.1, 0.15) is 77.6 Å². The predicted octanol–water partition coefficient (Wildman–Crippen LogP) is 1.88. The number of ketones is 1. The number of rotatable bonds is 16. The molecule has 0 rings (SSSR count). The topological polar surface area (TPSA) is 113 Å². The first kappa shape index (κ1) is 24.5. The lowest BCUT2D eigenvalue weighted by molar-refractivity contribution is -0.166. The summed E-state index contributed by atoms with van der Waals surface area (Å²) in [5, 5.41) is 21.1. The maximum atomic E-state index is 11.8. The molecule has 0 saturated carbocycles. The Morgan fingerprint density at radius 3 is 1.88 bits per heavy atom. The molecule has 0 aromatic carbocycles. The van der Waals surface area contributed by atoms with Crippen LogP contribution in [-0.2, 0) is 19.1 Å². The summed E-state index contributed by atoms with van der Waals surface area (Å²) in [7, 11) is 1.06. The largest absolute Gasteiger partial charge is 0.467 e. The second-order valence-corrected chi connectivity index (χ2v) is 6.72. The Balaban J connectivity index is 3.80. The van der Waals surface area contributed by atoms with Gasteiger partial charge in [0.05, 0.1) is 20.3 Å². The molecule has 0 aliphatic rings. The van der Waals surface area contributed by atoms with Crippen LogP contribution in [0, 0.1) is 0 Å². The normalized spacial score (nSPS) is 13.1. The minimum Gasteiger partial charge on any atom is -0.467 e. The van der Waals surface area contributed by atoms with Crippen molar-refractivity contribution in [3.8, 4) is 0 Å². The molecule has 7 nitrogen and oxygen atoms in total. The standard InChI is InChI=1S/C19H35NO6/c1-3-4-5-6-7-8-9-10-11-12-13-16(22)17(23)20-14-19(25,15-21)18(24)26-2/h21,25H,3-15H2,1-2H3,(H,20,23). The molecular weight excluding hydrogens is 338 g/mol. The zero-order valence-corrected chi connectivity index (χ0v) is 16.2. The molecule has 0 aromatic rings. The van der Waals surface area contributed by atoms with E-state index in [1.807, 2.05) is 0 Å². The van der Waals surface area contributed by atoms with E-state index in [9.17, 15) is 19.5 Å². The van der Waals surface area contributed by atoms with Gasteiger partial charge in [0.15, 0.2) is 0 Å². The van der Waals surface area contributed by atoms with E-state index in [4.69, 9.17) is 5.11 Å². The second-order valence-electron chi connectivity index (χ2n) is 6.72. The van der Waals surface area contributed by atoms with E-state index in [2.05, 4.69) is 17.0 Å². The summed E-state index contributed by atoms with van der Waals surface area (Å²) >= 11 is 0. The number of nitrogens with one attached hydrogen (secondary N) is 1. The first-order valence-corrected chi connectivity index (χ1v) is 9.64. The second kappa shape index (κ2) is 14.7. The van der Waals surface area contributed by atoms with Crippen LogP contribution < -0.4 is 5.32 Å². The van der Waals surface area contributed by atoms with Crippen molar-refractivity contribution in [1.29, 1.82) is 0 Å². The van der Waals surface area contributed by atoms with Crippen molar-refractivity contribution < 1.29 is 29.3 Å². The van der Waals surface area contributed by atoms with Crippen LogP contribution in [0.4, 0.5) is 0 Å². The summed E-state index contributed by atoms with van der Waals surface area (Å²) in [5.74, 6) is -2.52. The van der Waals surface area contributed by atoms with Gasteiger partial charge in [-0.3, -0.25) is 9.59 Å². The molecule has 152 valence electrons. The molecule has 0 aliphatic carbocycles. The summed E-state index contributed by atoms with van der Waals surface area (Å²) in [6.45, 7) is 0.721. The van der Waals surface area contributed by atoms with Crippen LogP contribution >= 0.6 is 0 Å². The number of hydrogen-bond donors (Lipinski definition) is 3. The van der Waals surface area contributed by atoms with Crippen LogP contribution in [0.25, 0.3) is 0 Å². The molecule has 1 atom stereocenters. The average Bonchev–Trinajstić information content (AvgIpc) is 2.66. The molecule has 0 fully saturated rings. The van der Waals surface area contributed by atoms with E-state index >= 15 is 0 Å². The summed E-state index contributed by atoms with van der Waals surface area (Å²) < 4.78 is 4.35. The van der Waals surface area contributed by atoms with E-state index in [1.165, 1.54) is 38.5 Å². The monoisotopic (exact) mass is 373 g/mol. The van der Waals surface area contributed by atoms with Crippen molar-refractivity contribution in [2.75, 3.05) is 20.3 Å². The molecule has 0 bridgehead atoms. The fourth-order valence-corrected chi connectivity index (χ4v) is 2.59. The molecule has 0 spiro atoms. The van der Waals surface area contributed by atoms with E-state index in [0.717, 1.165) is 26.4 Å². The Morgan fingerprint density at radius 1 is 0.923 bits per heavy atom. The van der Waals surface area contributed by atoms with Gasteiger partial charge in [0.25, 0.3) is 5.91 Å². The highest BCUT2D eigenvalue weighted by molar-refractivity contribution is 6.36. The molecule has 3 N–H and O–H groups in total. The number of ether oxygens (including phenoxy) is 1. The molecule has 0 aliphatic heterocycles. The molecule has 7 heteroatoms. The summed E-state index contributed by atoms with van der Waals surface area (Å²) in [6, 6.07) is 0. The number of aliphatic hydroxyl groups is 2. The van der Waals surface area contributed by atoms with Crippen LogP contribution in [0.3, 0.4) is 0 Å². The zero-order valence-electron chi connectivity index (χ0n) is 16.2. The molecule has 0 radical (unpaired) electrons. The van der Waals surface area contributed by atoms with Crippen LogP contribution in [-0.4, -0.2) is 53.7 Å². The Labute approximate surface area is 156 Å². The van der Waals surface area contributed by atoms with Gasteiger partial charge in [0.2, 0.25) is 11.4 Å². The maximum absolute atomic E-state index is 11.8. The summed E-state index contributed by atoms with van der Waals surface area (Å²) in [5.41, 5.74) is -2.23. The molecule has 0 heterocycles. The fourth-order valence-electron chi connectivity index (χ4n) is 2.59. The van der Waals surface area contributed by atoms with Crippen molar-refractivity contribution in [2.24, 2.45) is 0 Å². The minimum atomic E-state index is -2.23. The summed E-state index contributed by atoms with van der Waals surface area (Å²) in [6.07, 6.45) is 11.5. The molecule has 1 unspecified atom stereocenters. The lowest BCUT2D eigenvalue weighted by atomic mass is 10.0. The van der Waals surface area contributed by atoms with Crippen LogP contribution in [0.15, 0.2) is 0 Å². The fraction of sp³-hybridized carbons (Fsp3) is 0.842. The van der Waals surface area contributed by atoms with E-state index in [1.54, 1.807) is 0 Å². The number of esters is 1. The quantitative estimate of drug-likeness (QED) is 0.216. The first-order valence-electron chi connectivity index (χ1n) is 9.64. The Kier molecular flexibility index (Phi) is 13.8. The highest BCUT2D eigenvalue weighted by Crippen LogP contribution is 2.11. The third-order valence-electron chi connectivity index (χ3n) is 4.38. The lowest BCUT2D eigenvalue weighted by Crippen LogP contribution is -2.53. The smallest absolute Gasteiger partial charge is 0.342 e. The van der Waals surface area contributed by atoms with Gasteiger partial charge in [-0.25, -0.2) is 4.79 Å². The van der Waals surface area contributed by atoms with Crippen LogP contribution in [0.2, 0.25) is 0 Å². The van der Waals surface area contributed by atoms with Crippen molar-refractivity contribution in [1.82, 2.24) is 5.32 Å². The number of amides is 1. The summed E-state index contributed by atoms with van der Waals surface area (Å²) in [4.78, 5) is 34.8. The number of methoxy groups -OCH3 is 1. The van der Waals surface area contributed by atoms with Gasteiger partial charge < -0.3 is 20.3 Å². The van der Waals surface area contributed by atoms with Gasteiger partial charge in [-0.2, -0.15) is 0 Å². The molecular formula is C19H35NO6.